The smallest absolute Gasteiger partial charge is 0.330 e. The van der Waals surface area contributed by atoms with Gasteiger partial charge in [0, 0.05) is 75.0 Å². The number of halogens is 1. The van der Waals surface area contributed by atoms with E-state index in [0.29, 0.717) is 41.0 Å². The van der Waals surface area contributed by atoms with Crippen molar-refractivity contribution in [2.24, 2.45) is 11.8 Å². The van der Waals surface area contributed by atoms with Crippen LogP contribution in [0, 0.1) is 23.2 Å². The highest BCUT2D eigenvalue weighted by Crippen LogP contribution is 2.61. The molecule has 3 N–H and O–H groups in total. The molecule has 0 aliphatic carbocycles. The van der Waals surface area contributed by atoms with Crippen molar-refractivity contribution in [2.75, 3.05) is 52.9 Å². The molecular weight excluding hydrogens is 1110 g/mol. The second-order valence-electron chi connectivity index (χ2n) is 22.3. The highest BCUT2D eigenvalue weighted by atomic mass is 31.2. The third kappa shape index (κ3) is 13.2. The zero-order valence-corrected chi connectivity index (χ0v) is 50.7. The van der Waals surface area contributed by atoms with Crippen LogP contribution in [-0.2, 0) is 38.7 Å². The molecule has 6 aromatic rings. The number of amides is 2. The van der Waals surface area contributed by atoms with Gasteiger partial charge in [-0.1, -0.05) is 116 Å². The summed E-state index contributed by atoms with van der Waals surface area (Å²) in [5.74, 6) is -1.67. The maximum absolute atomic E-state index is 18.4. The first-order valence-electron chi connectivity index (χ1n) is 28.8. The monoisotopic (exact) mass is 1190 g/mol. The summed E-state index contributed by atoms with van der Waals surface area (Å²) in [4.78, 5) is 83.4. The molecule has 2 amide bonds. The topological polar surface area (TPSA) is 267 Å². The Bertz CT molecular complexity index is 3450. The number of nitrogens with zero attached hydrogens (tertiary/aromatic N) is 7. The van der Waals surface area contributed by atoms with E-state index in [0.717, 1.165) is 6.42 Å². The van der Waals surface area contributed by atoms with Gasteiger partial charge in [0.25, 0.3) is 11.1 Å². The fraction of sp³-hybridized carbons (Fsp3) is 0.508. The summed E-state index contributed by atoms with van der Waals surface area (Å²) in [6, 6.07) is 26.7. The van der Waals surface area contributed by atoms with E-state index in [2.05, 4.69) is 31.3 Å². The summed E-state index contributed by atoms with van der Waals surface area (Å²) < 4.78 is 76.7. The highest BCUT2D eigenvalue weighted by Gasteiger charge is 2.55. The molecule has 24 heteroatoms. The van der Waals surface area contributed by atoms with Crippen molar-refractivity contribution in [1.29, 1.82) is 5.26 Å². The first-order chi connectivity index (χ1) is 40.7. The summed E-state index contributed by atoms with van der Waals surface area (Å²) in [6.45, 7) is 12.5. The lowest BCUT2D eigenvalue weighted by atomic mass is 9.80. The average Bonchev–Trinajstić information content (AvgIpc) is 3.24. The number of rotatable bonds is 27. The number of fused-ring (bicyclic) bond motifs is 1. The number of unbranched alkanes of at least 4 members (excludes halogenated alkanes) is 2. The standard InChI is InChI=1S/C61H78FN10O12P/c1-11-12-16-30-69(34-46-52(72(31-17-29-63)85(78,38(4)5)39(6)7)53(81-10)58(83-46)70-32-28-48(73)65-60(70)77)49(74)33-45-47(84-57(50(45)62)71-36-64-51-54(71)66-59(68-56(51)76)67-55(75)37(2)3)35-82-61(40-18-14-13-15-19-40,41-20-24-43(79-8)25-21-41)42-22-26-44(80-9)27-23-42/h13-15,18-28,32,36-39,45-47,50,52-53,57-58H,11-12,16-17,30-31,33-35H2,1-10H3,(H,65,73,77)(H2,66,67,68,75,76)/t45-,46-,47-,50-,52-,53-,57-,58-/m1/s1. The number of benzene rings is 3. The van der Waals surface area contributed by atoms with E-state index < -0.39 is 114 Å². The molecule has 2 saturated heterocycles. The number of methoxy groups -OCH3 is 3. The number of aromatic amines is 2. The minimum Gasteiger partial charge on any atom is -0.497 e. The van der Waals surface area contributed by atoms with Gasteiger partial charge in [-0.15, -0.1) is 0 Å². The van der Waals surface area contributed by atoms with E-state index in [-0.39, 0.29) is 49.8 Å². The Kier molecular flexibility index (Phi) is 20.8. The molecule has 0 saturated carbocycles. The molecule has 5 heterocycles. The van der Waals surface area contributed by atoms with E-state index >= 15 is 13.8 Å². The lowest BCUT2D eigenvalue weighted by Gasteiger charge is -2.44. The third-order valence-corrected chi connectivity index (χ3v) is 20.4. The number of alkyl halides is 1. The summed E-state index contributed by atoms with van der Waals surface area (Å²) in [7, 11) is 1.12. The van der Waals surface area contributed by atoms with Crippen LogP contribution in [0.4, 0.5) is 10.3 Å². The van der Waals surface area contributed by atoms with E-state index in [1.165, 1.54) is 34.8 Å². The zero-order valence-electron chi connectivity index (χ0n) is 49.8. The molecule has 22 nitrogen and oxygen atoms in total. The van der Waals surface area contributed by atoms with Crippen LogP contribution < -0.4 is 31.6 Å². The third-order valence-electron chi connectivity index (χ3n) is 16.2. The van der Waals surface area contributed by atoms with Crippen LogP contribution in [0.15, 0.2) is 112 Å². The molecule has 85 heavy (non-hydrogen) atoms. The Labute approximate surface area is 493 Å². The van der Waals surface area contributed by atoms with Crippen LogP contribution in [-0.4, -0.2) is 140 Å². The average molecular weight is 1190 g/mol. The first-order valence-corrected chi connectivity index (χ1v) is 30.6. The first kappa shape index (κ1) is 63.7. The van der Waals surface area contributed by atoms with Gasteiger partial charge in [-0.3, -0.25) is 43.6 Å². The SMILES string of the molecule is CCCCCN(C[C@H]1O[C@@H](n2ccc(=O)[nH]c2=O)[C@H](OC)[C@@H]1N(CCC#N)P(=O)(C(C)C)C(C)C)C(=O)C[C@H]1[C@@H](F)[C@H](n2cnc3c(=O)[nH]c(NC(=O)C(C)C)nc32)O[C@@H]1COC(c1ccccc1)(c1ccc(OC)cc1)c1ccc(OC)cc1. The van der Waals surface area contributed by atoms with Gasteiger partial charge in [0.2, 0.25) is 17.8 Å². The number of carbonyl (C=O) groups excluding carboxylic acids is 2. The Hall–Kier alpha value is -7.32. The van der Waals surface area contributed by atoms with Crippen molar-refractivity contribution in [1.82, 2.24) is 38.6 Å². The number of carbonyl (C=O) groups is 2. The molecule has 8 rings (SSSR count). The Morgan fingerprint density at radius 1 is 0.835 bits per heavy atom. The molecule has 0 bridgehead atoms. The zero-order chi connectivity index (χ0) is 61.3. The van der Waals surface area contributed by atoms with Crippen LogP contribution in [0.5, 0.6) is 11.5 Å². The van der Waals surface area contributed by atoms with Crippen molar-refractivity contribution in [3.8, 4) is 17.6 Å². The van der Waals surface area contributed by atoms with Gasteiger partial charge >= 0.3 is 5.69 Å². The Morgan fingerprint density at radius 3 is 2.02 bits per heavy atom. The number of ether oxygens (including phenoxy) is 6. The fourth-order valence-corrected chi connectivity index (χ4v) is 15.2. The number of aromatic nitrogens is 6. The van der Waals surface area contributed by atoms with Crippen LogP contribution >= 0.6 is 7.29 Å². The van der Waals surface area contributed by atoms with Gasteiger partial charge in [-0.2, -0.15) is 10.2 Å². The Morgan fingerprint density at radius 2 is 1.46 bits per heavy atom. The lowest BCUT2D eigenvalue weighted by Crippen LogP contribution is -2.53. The van der Waals surface area contributed by atoms with Crippen molar-refractivity contribution >= 4 is 36.2 Å². The van der Waals surface area contributed by atoms with E-state index in [4.69, 9.17) is 28.4 Å². The molecule has 2 aliphatic rings. The van der Waals surface area contributed by atoms with Gasteiger partial charge in [0.15, 0.2) is 37.1 Å². The van der Waals surface area contributed by atoms with Crippen molar-refractivity contribution in [3.63, 3.8) is 0 Å². The summed E-state index contributed by atoms with van der Waals surface area (Å²) >= 11 is 0. The molecular formula is C61H78FN10O12P. The molecule has 0 spiro atoms. The molecule has 3 aromatic carbocycles. The number of anilines is 1. The number of imidazole rings is 1. The van der Waals surface area contributed by atoms with Gasteiger partial charge in [0.1, 0.15) is 23.2 Å². The molecule has 0 unspecified atom stereocenters. The van der Waals surface area contributed by atoms with Crippen LogP contribution in [0.3, 0.4) is 0 Å². The highest BCUT2D eigenvalue weighted by molar-refractivity contribution is 7.62. The number of hydrogen-bond acceptors (Lipinski definition) is 15. The predicted molar refractivity (Wildman–Crippen MR) is 318 cm³/mol. The summed E-state index contributed by atoms with van der Waals surface area (Å²) in [5, 5.41) is 12.7. The quantitative estimate of drug-likeness (QED) is 0.0249. The van der Waals surface area contributed by atoms with Gasteiger partial charge in [-0.25, -0.2) is 18.8 Å². The molecule has 2 fully saturated rings. The van der Waals surface area contributed by atoms with Crippen molar-refractivity contribution in [2.45, 2.75) is 140 Å². The molecule has 8 atom stereocenters. The van der Waals surface area contributed by atoms with E-state index in [1.54, 1.807) is 37.6 Å². The van der Waals surface area contributed by atoms with Crippen LogP contribution in [0.25, 0.3) is 11.2 Å². The lowest BCUT2D eigenvalue weighted by molar-refractivity contribution is -0.137. The van der Waals surface area contributed by atoms with Gasteiger partial charge < -0.3 is 37.9 Å². The second kappa shape index (κ2) is 27.8. The number of nitriles is 1. The molecule has 0 radical (unpaired) electrons. The minimum atomic E-state index is -3.45. The molecule has 3 aromatic heterocycles. The maximum atomic E-state index is 18.4. The second-order valence-corrected chi connectivity index (χ2v) is 26.3. The fourth-order valence-electron chi connectivity index (χ4n) is 11.7. The van der Waals surface area contributed by atoms with Crippen LogP contribution in [0.2, 0.25) is 0 Å². The van der Waals surface area contributed by atoms with Crippen molar-refractivity contribution in [3.05, 3.63) is 145 Å². The van der Waals surface area contributed by atoms with Crippen LogP contribution in [0.1, 0.15) is 110 Å². The minimum absolute atomic E-state index is 0.0256. The van der Waals surface area contributed by atoms with E-state index in [1.807, 2.05) is 113 Å². The maximum Gasteiger partial charge on any atom is 0.330 e. The summed E-state index contributed by atoms with van der Waals surface area (Å²) in [5.41, 5.74) is -2.55. The number of nitrogens with one attached hydrogen (secondary N) is 3. The Balaban J connectivity index is 1.25. The van der Waals surface area contributed by atoms with E-state index in [9.17, 15) is 24.4 Å². The van der Waals surface area contributed by atoms with Crippen molar-refractivity contribution < 1.29 is 47.0 Å². The molecule has 2 aliphatic heterocycles. The summed E-state index contributed by atoms with van der Waals surface area (Å²) in [6.07, 6.45) is -3.94. The largest absolute Gasteiger partial charge is 0.497 e. The number of H-pyrrole nitrogens is 2. The predicted octanol–water partition coefficient (Wildman–Crippen LogP) is 8.14. The number of hydrogen-bond donors (Lipinski definition) is 3. The van der Waals surface area contributed by atoms with Gasteiger partial charge in [-0.05, 0) is 47.4 Å². The molecule has 456 valence electrons. The normalized spacial score (nSPS) is 20.8. The van der Waals surface area contributed by atoms with Gasteiger partial charge in [0.05, 0.1) is 51.5 Å².